The fraction of sp³-hybridized carbons (Fsp3) is 0.750. The molecule has 2 rings (SSSR count). The van der Waals surface area contributed by atoms with Crippen LogP contribution in [0.25, 0.3) is 0 Å². The summed E-state index contributed by atoms with van der Waals surface area (Å²) in [6.45, 7) is 7.00. The quantitative estimate of drug-likeness (QED) is 0.362. The number of hydrogen-bond donors (Lipinski definition) is 0. The van der Waals surface area contributed by atoms with Crippen LogP contribution in [0.1, 0.15) is 108 Å². The zero-order valence-corrected chi connectivity index (χ0v) is 18.1. The lowest BCUT2D eigenvalue weighted by atomic mass is 9.91. The summed E-state index contributed by atoms with van der Waals surface area (Å²) in [4.78, 5) is 0. The average molecular weight is 361 g/mol. The molecule has 0 amide bonds. The molecule has 1 aliphatic carbocycles. The van der Waals surface area contributed by atoms with E-state index in [1.165, 1.54) is 89.9 Å². The molecule has 1 aliphatic rings. The van der Waals surface area contributed by atoms with E-state index >= 15 is 0 Å². The highest BCUT2D eigenvalue weighted by atomic mass is 31.1. The fourth-order valence-electron chi connectivity index (χ4n) is 4.25. The van der Waals surface area contributed by atoms with Crippen LogP contribution >= 0.6 is 8.58 Å². The zero-order valence-electron chi connectivity index (χ0n) is 17.1. The smallest absolute Gasteiger partial charge is 0.0196 e. The molecule has 0 heterocycles. The Morgan fingerprint density at radius 3 is 2.00 bits per heavy atom. The molecule has 25 heavy (non-hydrogen) atoms. The molecule has 1 heteroatoms. The van der Waals surface area contributed by atoms with E-state index in [-0.39, 0.29) is 0 Å². The summed E-state index contributed by atoms with van der Waals surface area (Å²) in [6, 6.07) is 5.06. The van der Waals surface area contributed by atoms with Crippen molar-refractivity contribution in [3.63, 3.8) is 0 Å². The van der Waals surface area contributed by atoms with Crippen LogP contribution in [0, 0.1) is 0 Å². The van der Waals surface area contributed by atoms with E-state index in [2.05, 4.69) is 32.9 Å². The average Bonchev–Trinajstić information content (AvgIpc) is 2.65. The molecule has 0 saturated heterocycles. The van der Waals surface area contributed by atoms with Crippen molar-refractivity contribution in [2.75, 3.05) is 0 Å². The number of hydrogen-bond acceptors (Lipinski definition) is 0. The van der Waals surface area contributed by atoms with Gasteiger partial charge in [0.15, 0.2) is 0 Å². The van der Waals surface area contributed by atoms with Gasteiger partial charge in [-0.15, -0.1) is 0 Å². The van der Waals surface area contributed by atoms with Gasteiger partial charge in [-0.3, -0.25) is 0 Å². The van der Waals surface area contributed by atoms with Gasteiger partial charge in [0, 0.05) is 0 Å². The Morgan fingerprint density at radius 2 is 1.36 bits per heavy atom. The second kappa shape index (κ2) is 12.1. The molecule has 0 nitrogen and oxygen atoms in total. The minimum absolute atomic E-state index is 0.981. The van der Waals surface area contributed by atoms with Gasteiger partial charge in [0.25, 0.3) is 0 Å². The Bertz CT molecular complexity index is 485. The lowest BCUT2D eigenvalue weighted by Gasteiger charge is -2.25. The topological polar surface area (TPSA) is 0 Å². The van der Waals surface area contributed by atoms with Gasteiger partial charge in [-0.2, -0.15) is 0 Å². The van der Waals surface area contributed by atoms with Gasteiger partial charge >= 0.3 is 0 Å². The van der Waals surface area contributed by atoms with Gasteiger partial charge < -0.3 is 0 Å². The maximum atomic E-state index is 2.54. The Hall–Kier alpha value is -0.350. The van der Waals surface area contributed by atoms with Gasteiger partial charge in [-0.25, -0.2) is 0 Å². The largest absolute Gasteiger partial charge is 0.0869 e. The first-order valence-corrected chi connectivity index (χ1v) is 12.3. The highest BCUT2D eigenvalue weighted by Crippen LogP contribution is 2.35. The summed E-state index contributed by atoms with van der Waals surface area (Å²) in [5.41, 5.74) is 6.21. The van der Waals surface area contributed by atoms with Crippen molar-refractivity contribution in [3.8, 4) is 0 Å². The molecule has 0 aliphatic heterocycles. The molecule has 1 aromatic rings. The van der Waals surface area contributed by atoms with E-state index in [1.807, 2.05) is 0 Å². The molecule has 0 N–H and O–H groups in total. The maximum absolute atomic E-state index is 2.54. The van der Waals surface area contributed by atoms with E-state index in [1.54, 1.807) is 22.0 Å². The van der Waals surface area contributed by atoms with Gasteiger partial charge in [-0.1, -0.05) is 80.0 Å². The van der Waals surface area contributed by atoms with E-state index in [0.717, 1.165) is 14.2 Å². The summed E-state index contributed by atoms with van der Waals surface area (Å²) in [7, 11) is 1.06. The second-order valence-electron chi connectivity index (χ2n) is 8.02. The van der Waals surface area contributed by atoms with Crippen molar-refractivity contribution < 1.29 is 0 Å². The lowest BCUT2D eigenvalue weighted by Crippen LogP contribution is -2.17. The lowest BCUT2D eigenvalue weighted by molar-refractivity contribution is 0.514. The third-order valence-electron chi connectivity index (χ3n) is 5.85. The van der Waals surface area contributed by atoms with Gasteiger partial charge in [0.1, 0.15) is 0 Å². The first-order valence-electron chi connectivity index (χ1n) is 11.2. The van der Waals surface area contributed by atoms with Crippen LogP contribution in [0.15, 0.2) is 12.1 Å². The normalized spacial score (nSPS) is 16.1. The zero-order chi connectivity index (χ0) is 17.9. The van der Waals surface area contributed by atoms with Gasteiger partial charge in [0.2, 0.25) is 0 Å². The molecular formula is C24H41P. The SMILES string of the molecule is CCCCc1ccc(PC2CCCCC2)c(CCCC)c1CCCC. The summed E-state index contributed by atoms with van der Waals surface area (Å²) in [5.74, 6) is 0. The first kappa shape index (κ1) is 21.0. The summed E-state index contributed by atoms with van der Waals surface area (Å²) < 4.78 is 0. The van der Waals surface area contributed by atoms with Crippen molar-refractivity contribution in [2.45, 2.75) is 116 Å². The second-order valence-corrected chi connectivity index (χ2v) is 9.66. The predicted molar refractivity (Wildman–Crippen MR) is 117 cm³/mol. The molecule has 142 valence electrons. The van der Waals surface area contributed by atoms with Crippen LogP contribution in [-0.2, 0) is 19.3 Å². The maximum Gasteiger partial charge on any atom is -0.0196 e. The van der Waals surface area contributed by atoms with Crippen LogP contribution in [0.4, 0.5) is 0 Å². The highest BCUT2D eigenvalue weighted by molar-refractivity contribution is 7.48. The summed E-state index contributed by atoms with van der Waals surface area (Å²) >= 11 is 0. The van der Waals surface area contributed by atoms with Crippen molar-refractivity contribution in [1.82, 2.24) is 0 Å². The minimum atomic E-state index is 0.981. The van der Waals surface area contributed by atoms with E-state index in [4.69, 9.17) is 0 Å². The van der Waals surface area contributed by atoms with Crippen molar-refractivity contribution in [2.24, 2.45) is 0 Å². The van der Waals surface area contributed by atoms with Crippen LogP contribution in [0.2, 0.25) is 0 Å². The van der Waals surface area contributed by atoms with Gasteiger partial charge in [0.05, 0.1) is 0 Å². The first-order chi connectivity index (χ1) is 12.3. The Labute approximate surface area is 159 Å². The van der Waals surface area contributed by atoms with Crippen LogP contribution in [0.3, 0.4) is 0 Å². The number of benzene rings is 1. The molecule has 1 aromatic carbocycles. The molecule has 1 unspecified atom stereocenters. The van der Waals surface area contributed by atoms with Crippen LogP contribution in [-0.4, -0.2) is 5.66 Å². The van der Waals surface area contributed by atoms with Crippen molar-refractivity contribution in [3.05, 3.63) is 28.8 Å². The molecule has 0 spiro atoms. The standard InChI is InChI=1S/C24H41P/c1-4-7-13-20-18-19-24(25-21-14-11-10-12-15-21)23(17-9-6-3)22(20)16-8-5-2/h18-19,21,25H,4-17H2,1-3H3. The molecule has 1 saturated carbocycles. The molecule has 1 fully saturated rings. The molecular weight excluding hydrogens is 319 g/mol. The van der Waals surface area contributed by atoms with E-state index < -0.39 is 0 Å². The number of unbranched alkanes of at least 4 members (excludes halogenated alkanes) is 3. The van der Waals surface area contributed by atoms with Crippen LogP contribution in [0.5, 0.6) is 0 Å². The van der Waals surface area contributed by atoms with Gasteiger partial charge in [-0.05, 0) is 79.0 Å². The third-order valence-corrected chi connectivity index (χ3v) is 7.62. The monoisotopic (exact) mass is 360 g/mol. The van der Waals surface area contributed by atoms with Crippen LogP contribution < -0.4 is 5.30 Å². The predicted octanol–water partition coefficient (Wildman–Crippen LogP) is 7.35. The Balaban J connectivity index is 2.27. The third kappa shape index (κ3) is 6.71. The fourth-order valence-corrected chi connectivity index (χ4v) is 6.02. The highest BCUT2D eigenvalue weighted by Gasteiger charge is 2.18. The minimum Gasteiger partial charge on any atom is -0.0869 e. The van der Waals surface area contributed by atoms with E-state index in [0.29, 0.717) is 0 Å². The van der Waals surface area contributed by atoms with Crippen molar-refractivity contribution >= 4 is 13.9 Å². The molecule has 0 bridgehead atoms. The molecule has 0 aromatic heterocycles. The van der Waals surface area contributed by atoms with E-state index in [9.17, 15) is 0 Å². The van der Waals surface area contributed by atoms with Crippen molar-refractivity contribution in [1.29, 1.82) is 0 Å². The summed E-state index contributed by atoms with van der Waals surface area (Å²) in [6.07, 6.45) is 19.3. The molecule has 1 atom stereocenters. The number of aryl methyl sites for hydroxylation is 1. The number of rotatable bonds is 11. The summed E-state index contributed by atoms with van der Waals surface area (Å²) in [5, 5.41) is 1.74. The Morgan fingerprint density at radius 1 is 0.760 bits per heavy atom. The molecule has 0 radical (unpaired) electrons. The Kier molecular flexibility index (Phi) is 10.2.